The van der Waals surface area contributed by atoms with Crippen LogP contribution in [0.4, 0.5) is 13.2 Å². The van der Waals surface area contributed by atoms with Crippen molar-refractivity contribution in [3.8, 4) is 0 Å². The average Bonchev–Trinajstić information content (AvgIpc) is 2.33. The number of rotatable bonds is 6. The molecule has 5 heteroatoms. The third-order valence-electron chi connectivity index (χ3n) is 2.85. The molecule has 19 heavy (non-hydrogen) atoms. The summed E-state index contributed by atoms with van der Waals surface area (Å²) in [5.74, 6) is -0.149. The molecule has 0 spiro atoms. The average molecular weight is 273 g/mol. The van der Waals surface area contributed by atoms with E-state index in [2.05, 4.69) is 0 Å². The molecule has 0 bridgehead atoms. The summed E-state index contributed by atoms with van der Waals surface area (Å²) in [6.07, 6.45) is -2.42. The second-order valence-electron chi connectivity index (χ2n) is 4.90. The van der Waals surface area contributed by atoms with Gasteiger partial charge in [0.1, 0.15) is 6.29 Å². The van der Waals surface area contributed by atoms with Crippen LogP contribution in [-0.4, -0.2) is 31.8 Å². The molecule has 1 unspecified atom stereocenters. The minimum atomic E-state index is -4.32. The summed E-state index contributed by atoms with van der Waals surface area (Å²) in [5.41, 5.74) is -0.0271. The largest absolute Gasteiger partial charge is 0.416 e. The minimum Gasteiger partial charge on any atom is -0.309 e. The lowest BCUT2D eigenvalue weighted by atomic mass is 9.99. The van der Waals surface area contributed by atoms with Crippen LogP contribution < -0.4 is 0 Å². The van der Waals surface area contributed by atoms with E-state index in [4.69, 9.17) is 0 Å². The van der Waals surface area contributed by atoms with Gasteiger partial charge in [-0.15, -0.1) is 0 Å². The zero-order valence-corrected chi connectivity index (χ0v) is 11.1. The van der Waals surface area contributed by atoms with Crippen LogP contribution in [0, 0.1) is 5.92 Å². The number of halogens is 3. The maximum absolute atomic E-state index is 12.5. The normalized spacial score (nSPS) is 13.6. The van der Waals surface area contributed by atoms with E-state index < -0.39 is 11.7 Å². The first-order valence-corrected chi connectivity index (χ1v) is 6.09. The number of carbonyl (C=O) groups is 1. The first kappa shape index (κ1) is 15.7. The molecule has 1 atom stereocenters. The Balaban J connectivity index is 2.65. The lowest BCUT2D eigenvalue weighted by molar-refractivity contribution is -0.137. The van der Waals surface area contributed by atoms with E-state index in [9.17, 15) is 18.0 Å². The second kappa shape index (κ2) is 6.70. The Morgan fingerprint density at radius 1 is 1.32 bits per heavy atom. The number of carbonyl (C=O) groups excluding carboxylic acids is 1. The highest BCUT2D eigenvalue weighted by Gasteiger charge is 2.30. The van der Waals surface area contributed by atoms with Crippen LogP contribution in [0.3, 0.4) is 0 Å². The molecule has 0 heterocycles. The molecule has 0 aliphatic rings. The van der Waals surface area contributed by atoms with Crippen molar-refractivity contribution in [2.45, 2.75) is 19.0 Å². The lowest BCUT2D eigenvalue weighted by Gasteiger charge is -2.16. The van der Waals surface area contributed by atoms with E-state index in [1.54, 1.807) is 6.07 Å². The Hall–Kier alpha value is -1.36. The number of aryl methyl sites for hydroxylation is 1. The fraction of sp³-hybridized carbons (Fsp3) is 0.500. The molecule has 0 aromatic heterocycles. The highest BCUT2D eigenvalue weighted by Crippen LogP contribution is 2.29. The molecule has 0 saturated carbocycles. The Labute approximate surface area is 111 Å². The summed E-state index contributed by atoms with van der Waals surface area (Å²) in [7, 11) is 3.72. The van der Waals surface area contributed by atoms with Crippen LogP contribution in [0.25, 0.3) is 0 Å². The van der Waals surface area contributed by atoms with Crippen molar-refractivity contribution in [2.75, 3.05) is 20.6 Å². The molecule has 1 aromatic carbocycles. The van der Waals surface area contributed by atoms with Gasteiger partial charge in [0, 0.05) is 12.5 Å². The first-order chi connectivity index (χ1) is 8.82. The lowest BCUT2D eigenvalue weighted by Crippen LogP contribution is -2.23. The molecular formula is C14H18F3NO. The van der Waals surface area contributed by atoms with Gasteiger partial charge in [0.25, 0.3) is 0 Å². The molecule has 106 valence electrons. The Bertz CT molecular complexity index is 415. The number of hydrogen-bond donors (Lipinski definition) is 0. The summed E-state index contributed by atoms with van der Waals surface area (Å²) in [6.45, 7) is 0.614. The zero-order chi connectivity index (χ0) is 14.5. The molecule has 0 fully saturated rings. The zero-order valence-electron chi connectivity index (χ0n) is 11.1. The molecule has 0 amide bonds. The molecule has 0 N–H and O–H groups in total. The molecule has 1 rings (SSSR count). The maximum Gasteiger partial charge on any atom is 0.416 e. The standard InChI is InChI=1S/C14H18F3NO/c1-18(2)9-12(10-19)7-6-11-4-3-5-13(8-11)14(15,16)17/h3-5,8,10,12H,6-7,9H2,1-2H3. The summed E-state index contributed by atoms with van der Waals surface area (Å²) in [4.78, 5) is 12.8. The van der Waals surface area contributed by atoms with E-state index in [-0.39, 0.29) is 5.92 Å². The van der Waals surface area contributed by atoms with Crippen LogP contribution in [0.2, 0.25) is 0 Å². The first-order valence-electron chi connectivity index (χ1n) is 6.09. The summed E-state index contributed by atoms with van der Waals surface area (Å²) >= 11 is 0. The van der Waals surface area contributed by atoms with E-state index in [0.29, 0.717) is 24.9 Å². The number of benzene rings is 1. The molecule has 0 saturated heterocycles. The monoisotopic (exact) mass is 273 g/mol. The highest BCUT2D eigenvalue weighted by atomic mass is 19.4. The van der Waals surface area contributed by atoms with Crippen molar-refractivity contribution < 1.29 is 18.0 Å². The van der Waals surface area contributed by atoms with Gasteiger partial charge in [0.2, 0.25) is 0 Å². The van der Waals surface area contributed by atoms with Gasteiger partial charge in [-0.25, -0.2) is 0 Å². The smallest absolute Gasteiger partial charge is 0.309 e. The van der Waals surface area contributed by atoms with Crippen LogP contribution >= 0.6 is 0 Å². The summed E-state index contributed by atoms with van der Waals surface area (Å²) in [6, 6.07) is 5.27. The van der Waals surface area contributed by atoms with Gasteiger partial charge in [-0.3, -0.25) is 0 Å². The van der Waals surface area contributed by atoms with Crippen molar-refractivity contribution in [1.29, 1.82) is 0 Å². The summed E-state index contributed by atoms with van der Waals surface area (Å²) < 4.78 is 37.6. The number of nitrogens with zero attached hydrogens (tertiary/aromatic N) is 1. The molecule has 0 aliphatic carbocycles. The molecular weight excluding hydrogens is 255 g/mol. The van der Waals surface area contributed by atoms with Crippen molar-refractivity contribution in [3.63, 3.8) is 0 Å². The van der Waals surface area contributed by atoms with Gasteiger partial charge in [-0.1, -0.05) is 18.2 Å². The quantitative estimate of drug-likeness (QED) is 0.743. The van der Waals surface area contributed by atoms with Crippen LogP contribution in [-0.2, 0) is 17.4 Å². The maximum atomic E-state index is 12.5. The van der Waals surface area contributed by atoms with Crippen molar-refractivity contribution in [2.24, 2.45) is 5.92 Å². The molecule has 1 aromatic rings. The van der Waals surface area contributed by atoms with E-state index in [1.165, 1.54) is 6.07 Å². The van der Waals surface area contributed by atoms with Gasteiger partial charge in [0.15, 0.2) is 0 Å². The third-order valence-corrected chi connectivity index (χ3v) is 2.85. The van der Waals surface area contributed by atoms with Gasteiger partial charge >= 0.3 is 6.18 Å². The van der Waals surface area contributed by atoms with Crippen molar-refractivity contribution >= 4 is 6.29 Å². The topological polar surface area (TPSA) is 20.3 Å². The summed E-state index contributed by atoms with van der Waals surface area (Å²) in [5, 5.41) is 0. The predicted molar refractivity (Wildman–Crippen MR) is 67.9 cm³/mol. The van der Waals surface area contributed by atoms with Gasteiger partial charge in [-0.2, -0.15) is 13.2 Å². The SMILES string of the molecule is CN(C)CC(C=O)CCc1cccc(C(F)(F)F)c1. The second-order valence-corrected chi connectivity index (χ2v) is 4.90. The van der Waals surface area contributed by atoms with Gasteiger partial charge < -0.3 is 9.69 Å². The van der Waals surface area contributed by atoms with E-state index >= 15 is 0 Å². The highest BCUT2D eigenvalue weighted by molar-refractivity contribution is 5.53. The third kappa shape index (κ3) is 5.42. The molecule has 0 aliphatic heterocycles. The van der Waals surface area contributed by atoms with Crippen LogP contribution in [0.5, 0.6) is 0 Å². The fourth-order valence-electron chi connectivity index (χ4n) is 1.93. The van der Waals surface area contributed by atoms with E-state index in [0.717, 1.165) is 18.4 Å². The Morgan fingerprint density at radius 3 is 2.53 bits per heavy atom. The van der Waals surface area contributed by atoms with Crippen LogP contribution in [0.1, 0.15) is 17.5 Å². The molecule has 2 nitrogen and oxygen atoms in total. The van der Waals surface area contributed by atoms with Gasteiger partial charge in [-0.05, 0) is 38.6 Å². The van der Waals surface area contributed by atoms with Crippen molar-refractivity contribution in [3.05, 3.63) is 35.4 Å². The number of aldehydes is 1. The Morgan fingerprint density at radius 2 is 2.00 bits per heavy atom. The Kier molecular flexibility index (Phi) is 5.54. The van der Waals surface area contributed by atoms with Crippen molar-refractivity contribution in [1.82, 2.24) is 4.90 Å². The van der Waals surface area contributed by atoms with E-state index in [1.807, 2.05) is 19.0 Å². The number of alkyl halides is 3. The predicted octanol–water partition coefficient (Wildman–Crippen LogP) is 3.01. The number of hydrogen-bond acceptors (Lipinski definition) is 2. The van der Waals surface area contributed by atoms with Gasteiger partial charge in [0.05, 0.1) is 5.56 Å². The van der Waals surface area contributed by atoms with Crippen LogP contribution in [0.15, 0.2) is 24.3 Å². The fourth-order valence-corrected chi connectivity index (χ4v) is 1.93. The minimum absolute atomic E-state index is 0.149. The molecule has 0 radical (unpaired) electrons.